The normalized spacial score (nSPS) is 10.5. The largest absolute Gasteiger partial charge is 0.466 e. The number of esters is 1. The fourth-order valence-electron chi connectivity index (χ4n) is 2.62. The van der Waals surface area contributed by atoms with E-state index in [1.165, 1.54) is 0 Å². The van der Waals surface area contributed by atoms with Crippen LogP contribution in [0.4, 0.5) is 11.4 Å². The molecule has 29 heavy (non-hydrogen) atoms. The lowest BCUT2D eigenvalue weighted by Crippen LogP contribution is -2.29. The molecule has 0 bridgehead atoms. The molecule has 0 aromatic heterocycles. The van der Waals surface area contributed by atoms with Crippen LogP contribution in [0.5, 0.6) is 0 Å². The van der Waals surface area contributed by atoms with Gasteiger partial charge in [-0.1, -0.05) is 24.3 Å². The Bertz CT molecular complexity index is 847. The van der Waals surface area contributed by atoms with E-state index in [0.717, 1.165) is 18.5 Å². The molecule has 154 valence electrons. The summed E-state index contributed by atoms with van der Waals surface area (Å²) in [6.07, 6.45) is 1.01. The van der Waals surface area contributed by atoms with E-state index in [4.69, 9.17) is 4.74 Å². The summed E-state index contributed by atoms with van der Waals surface area (Å²) in [5.74, 6) is -1.89. The van der Waals surface area contributed by atoms with E-state index >= 15 is 0 Å². The predicted octanol–water partition coefficient (Wildman–Crippen LogP) is 2.47. The summed E-state index contributed by atoms with van der Waals surface area (Å²) in [4.78, 5) is 38.0. The van der Waals surface area contributed by atoms with E-state index in [0.29, 0.717) is 23.5 Å². The van der Waals surface area contributed by atoms with Gasteiger partial charge in [0.2, 0.25) is 0 Å². The lowest BCUT2D eigenvalue weighted by Gasteiger charge is -2.10. The number of carbonyl (C=O) groups is 3. The Kier molecular flexibility index (Phi) is 8.36. The standard InChI is InChI=1S/C22H27N3O4/c1-4-29-20(26)15-17-6-5-7-19(14-17)24-22(28)21(27)23-18-10-8-16(9-11-18)12-13-25(2)3/h5-11,14H,4,12-13,15H2,1-3H3,(H,23,27)(H,24,28). The molecule has 2 amide bonds. The highest BCUT2D eigenvalue weighted by atomic mass is 16.5. The van der Waals surface area contributed by atoms with E-state index < -0.39 is 11.8 Å². The van der Waals surface area contributed by atoms with Crippen molar-refractivity contribution in [2.75, 3.05) is 37.9 Å². The molecule has 0 atom stereocenters. The highest BCUT2D eigenvalue weighted by molar-refractivity contribution is 6.43. The Morgan fingerprint density at radius 2 is 1.55 bits per heavy atom. The van der Waals surface area contributed by atoms with Gasteiger partial charge in [-0.2, -0.15) is 0 Å². The third kappa shape index (κ3) is 7.75. The molecular weight excluding hydrogens is 370 g/mol. The first kappa shape index (κ1) is 22.1. The van der Waals surface area contributed by atoms with Crippen molar-refractivity contribution in [3.05, 3.63) is 59.7 Å². The van der Waals surface area contributed by atoms with Crippen LogP contribution >= 0.6 is 0 Å². The zero-order valence-corrected chi connectivity index (χ0v) is 17.0. The SMILES string of the molecule is CCOC(=O)Cc1cccc(NC(=O)C(=O)Nc2ccc(CCN(C)C)cc2)c1. The Morgan fingerprint density at radius 3 is 2.17 bits per heavy atom. The quantitative estimate of drug-likeness (QED) is 0.528. The van der Waals surface area contributed by atoms with Gasteiger partial charge in [-0.25, -0.2) is 0 Å². The average molecular weight is 397 g/mol. The number of nitrogens with one attached hydrogen (secondary N) is 2. The first-order valence-electron chi connectivity index (χ1n) is 9.48. The maximum atomic E-state index is 12.2. The molecule has 7 nitrogen and oxygen atoms in total. The highest BCUT2D eigenvalue weighted by Gasteiger charge is 2.14. The number of likely N-dealkylation sites (N-methyl/N-ethyl adjacent to an activating group) is 1. The maximum Gasteiger partial charge on any atom is 0.314 e. The molecule has 2 N–H and O–H groups in total. The van der Waals surface area contributed by atoms with Crippen LogP contribution in [0.25, 0.3) is 0 Å². The Morgan fingerprint density at radius 1 is 0.897 bits per heavy atom. The number of carbonyl (C=O) groups excluding carboxylic acids is 3. The number of hydrogen-bond donors (Lipinski definition) is 2. The second-order valence-electron chi connectivity index (χ2n) is 6.84. The number of benzene rings is 2. The molecule has 0 heterocycles. The molecule has 0 aliphatic heterocycles. The van der Waals surface area contributed by atoms with Crippen LogP contribution < -0.4 is 10.6 Å². The van der Waals surface area contributed by atoms with Crippen molar-refractivity contribution in [3.63, 3.8) is 0 Å². The van der Waals surface area contributed by atoms with E-state index in [2.05, 4.69) is 15.5 Å². The van der Waals surface area contributed by atoms with Gasteiger partial charge in [0, 0.05) is 17.9 Å². The zero-order valence-electron chi connectivity index (χ0n) is 17.0. The minimum atomic E-state index is -0.782. The second kappa shape index (κ2) is 11.0. The van der Waals surface area contributed by atoms with Gasteiger partial charge in [0.1, 0.15) is 0 Å². The number of anilines is 2. The van der Waals surface area contributed by atoms with Gasteiger partial charge in [-0.3, -0.25) is 14.4 Å². The number of ether oxygens (including phenoxy) is 1. The third-order valence-corrected chi connectivity index (χ3v) is 4.10. The van der Waals surface area contributed by atoms with E-state index in [1.54, 1.807) is 43.3 Å². The number of rotatable bonds is 8. The van der Waals surface area contributed by atoms with Crippen LogP contribution in [0.2, 0.25) is 0 Å². The second-order valence-corrected chi connectivity index (χ2v) is 6.84. The molecule has 0 saturated carbocycles. The van der Waals surface area contributed by atoms with E-state index in [-0.39, 0.29) is 12.4 Å². The molecule has 0 saturated heterocycles. The molecule has 7 heteroatoms. The molecule has 0 aliphatic rings. The van der Waals surface area contributed by atoms with Gasteiger partial charge < -0.3 is 20.3 Å². The smallest absolute Gasteiger partial charge is 0.314 e. The summed E-state index contributed by atoms with van der Waals surface area (Å²) in [5, 5.41) is 5.13. The highest BCUT2D eigenvalue weighted by Crippen LogP contribution is 2.13. The number of nitrogens with zero attached hydrogens (tertiary/aromatic N) is 1. The van der Waals surface area contributed by atoms with Crippen molar-refractivity contribution < 1.29 is 19.1 Å². The van der Waals surface area contributed by atoms with Crippen LogP contribution in [-0.2, 0) is 32.0 Å². The van der Waals surface area contributed by atoms with E-state index in [9.17, 15) is 14.4 Å². The first-order chi connectivity index (χ1) is 13.9. The fraction of sp³-hybridized carbons (Fsp3) is 0.318. The lowest BCUT2D eigenvalue weighted by atomic mass is 10.1. The van der Waals surface area contributed by atoms with Gasteiger partial charge in [0.15, 0.2) is 0 Å². The zero-order chi connectivity index (χ0) is 21.2. The Balaban J connectivity index is 1.90. The Labute approximate surface area is 171 Å². The van der Waals surface area contributed by atoms with Crippen LogP contribution in [0.15, 0.2) is 48.5 Å². The minimum absolute atomic E-state index is 0.101. The van der Waals surface area contributed by atoms with Crippen molar-refractivity contribution in [1.29, 1.82) is 0 Å². The van der Waals surface area contributed by atoms with Crippen LogP contribution in [0.3, 0.4) is 0 Å². The summed E-state index contributed by atoms with van der Waals surface area (Å²) in [6.45, 7) is 2.99. The van der Waals surface area contributed by atoms with Gasteiger partial charge in [-0.05, 0) is 62.8 Å². The molecule has 2 aromatic carbocycles. The van der Waals surface area contributed by atoms with Gasteiger partial charge in [0.05, 0.1) is 13.0 Å². The monoisotopic (exact) mass is 397 g/mol. The lowest BCUT2D eigenvalue weighted by molar-refractivity contribution is -0.142. The summed E-state index contributed by atoms with van der Waals surface area (Å²) in [6, 6.07) is 14.2. The minimum Gasteiger partial charge on any atom is -0.466 e. The summed E-state index contributed by atoms with van der Waals surface area (Å²) in [7, 11) is 4.03. The average Bonchev–Trinajstić information content (AvgIpc) is 2.67. The van der Waals surface area contributed by atoms with Crippen LogP contribution in [0, 0.1) is 0 Å². The molecule has 0 fully saturated rings. The van der Waals surface area contributed by atoms with Gasteiger partial charge in [0.25, 0.3) is 0 Å². The molecule has 2 aromatic rings. The van der Waals surface area contributed by atoms with Crippen LogP contribution in [0.1, 0.15) is 18.1 Å². The topological polar surface area (TPSA) is 87.7 Å². The number of amides is 2. The van der Waals surface area contributed by atoms with E-state index in [1.807, 2.05) is 26.2 Å². The van der Waals surface area contributed by atoms with Crippen LogP contribution in [-0.4, -0.2) is 49.9 Å². The number of hydrogen-bond acceptors (Lipinski definition) is 5. The van der Waals surface area contributed by atoms with Crippen molar-refractivity contribution in [1.82, 2.24) is 4.90 Å². The van der Waals surface area contributed by atoms with Crippen molar-refractivity contribution in [3.8, 4) is 0 Å². The molecule has 0 radical (unpaired) electrons. The third-order valence-electron chi connectivity index (χ3n) is 4.10. The summed E-state index contributed by atoms with van der Waals surface area (Å²) < 4.78 is 4.91. The molecular formula is C22H27N3O4. The van der Waals surface area contributed by atoms with Gasteiger partial charge >= 0.3 is 17.8 Å². The maximum absolute atomic E-state index is 12.2. The summed E-state index contributed by atoms with van der Waals surface area (Å²) >= 11 is 0. The Hall–Kier alpha value is -3.19. The van der Waals surface area contributed by atoms with Crippen molar-refractivity contribution >= 4 is 29.2 Å². The predicted molar refractivity (Wildman–Crippen MR) is 113 cm³/mol. The molecule has 2 rings (SSSR count). The first-order valence-corrected chi connectivity index (χ1v) is 9.48. The van der Waals surface area contributed by atoms with Crippen molar-refractivity contribution in [2.24, 2.45) is 0 Å². The van der Waals surface area contributed by atoms with Gasteiger partial charge in [-0.15, -0.1) is 0 Å². The summed E-state index contributed by atoms with van der Waals surface area (Å²) in [5.41, 5.74) is 2.83. The molecule has 0 unspecified atom stereocenters. The fourth-order valence-corrected chi connectivity index (χ4v) is 2.62. The molecule has 0 spiro atoms. The van der Waals surface area contributed by atoms with Crippen molar-refractivity contribution in [2.45, 2.75) is 19.8 Å². The molecule has 0 aliphatic carbocycles.